The summed E-state index contributed by atoms with van der Waals surface area (Å²) in [5.41, 5.74) is 5.05. The Bertz CT molecular complexity index is 638. The van der Waals surface area contributed by atoms with Crippen LogP contribution in [0, 0.1) is 23.2 Å². The number of nitrogens with two attached hydrogens (primary N) is 1. The molecule has 6 aliphatic rings. The number of carbonyl (C=O) groups is 1. The average Bonchev–Trinajstić information content (AvgIpc) is 2.83. The zero-order chi connectivity index (χ0) is 18.0. The summed E-state index contributed by atoms with van der Waals surface area (Å²) in [6.45, 7) is 1.93. The molecule has 4 heteroatoms. The third-order valence-corrected chi connectivity index (χ3v) is 7.09. The minimum absolute atomic E-state index is 0.0587. The molecule has 0 aromatic heterocycles. The van der Waals surface area contributed by atoms with Crippen molar-refractivity contribution in [3.63, 3.8) is 0 Å². The van der Waals surface area contributed by atoms with Gasteiger partial charge in [0.25, 0.3) is 0 Å². The van der Waals surface area contributed by atoms with Gasteiger partial charge in [-0.1, -0.05) is 0 Å². The second kappa shape index (κ2) is 4.07. The van der Waals surface area contributed by atoms with E-state index >= 15 is 0 Å². The fourth-order valence-corrected chi connectivity index (χ4v) is 6.61. The molecule has 4 nitrogen and oxygen atoms in total. The standard InChI is InChI=1S/C18H28N2O2/c1-10-2-13-4-14(13)20(10)16(21)15(19)17-5-11-3-12(6-17)8-18(22,7-11)9-17/h10-15,22H,2-9,19H2,1H3/t10-,11?,12?,13-,14+,15-,17?,18?/m1/s1/i4D2,15D. The van der Waals surface area contributed by atoms with Crippen LogP contribution in [0.4, 0.5) is 0 Å². The molecule has 0 aromatic carbocycles. The first-order valence-corrected chi connectivity index (χ1v) is 8.83. The summed E-state index contributed by atoms with van der Waals surface area (Å²) >= 11 is 0. The van der Waals surface area contributed by atoms with Crippen molar-refractivity contribution in [1.29, 1.82) is 0 Å². The Kier molecular flexibility index (Phi) is 2.04. The van der Waals surface area contributed by atoms with Crippen molar-refractivity contribution in [2.75, 3.05) is 0 Å². The van der Waals surface area contributed by atoms with Crippen molar-refractivity contribution in [2.24, 2.45) is 28.9 Å². The van der Waals surface area contributed by atoms with Crippen LogP contribution in [0.5, 0.6) is 0 Å². The minimum atomic E-state index is -1.78. The number of carbonyl (C=O) groups excluding carboxylic acids is 1. The number of hydrogen-bond donors (Lipinski definition) is 2. The zero-order valence-electron chi connectivity index (χ0n) is 16.2. The molecular weight excluding hydrogens is 276 g/mol. The second-order valence-electron chi connectivity index (χ2n) is 8.89. The zero-order valence-corrected chi connectivity index (χ0v) is 13.2. The van der Waals surface area contributed by atoms with Gasteiger partial charge in [0.05, 0.1) is 13.0 Å². The van der Waals surface area contributed by atoms with Crippen LogP contribution in [0.3, 0.4) is 0 Å². The predicted molar refractivity (Wildman–Crippen MR) is 82.9 cm³/mol. The molecule has 5 aliphatic carbocycles. The van der Waals surface area contributed by atoms with E-state index in [0.29, 0.717) is 24.7 Å². The van der Waals surface area contributed by atoms with E-state index in [-0.39, 0.29) is 12.0 Å². The van der Waals surface area contributed by atoms with E-state index in [1.807, 2.05) is 6.92 Å². The first kappa shape index (κ1) is 11.0. The highest BCUT2D eigenvalue weighted by Gasteiger charge is 2.62. The van der Waals surface area contributed by atoms with Crippen LogP contribution in [-0.4, -0.2) is 39.6 Å². The Morgan fingerprint density at radius 2 is 2.05 bits per heavy atom. The lowest BCUT2D eigenvalue weighted by Crippen LogP contribution is -2.64. The minimum Gasteiger partial charge on any atom is -0.390 e. The maximum absolute atomic E-state index is 13.4. The molecule has 22 heavy (non-hydrogen) atoms. The van der Waals surface area contributed by atoms with E-state index in [4.69, 9.17) is 9.85 Å². The quantitative estimate of drug-likeness (QED) is 0.815. The molecule has 3 N–H and O–H groups in total. The van der Waals surface area contributed by atoms with E-state index < -0.39 is 35.4 Å². The van der Waals surface area contributed by atoms with E-state index in [1.165, 1.54) is 0 Å². The summed E-state index contributed by atoms with van der Waals surface area (Å²) in [5, 5.41) is 10.9. The van der Waals surface area contributed by atoms with Crippen LogP contribution in [0.1, 0.15) is 62.4 Å². The first-order valence-electron chi connectivity index (χ1n) is 10.3. The van der Waals surface area contributed by atoms with Crippen molar-refractivity contribution in [2.45, 2.75) is 81.9 Å². The van der Waals surface area contributed by atoms with E-state index in [2.05, 4.69) is 0 Å². The van der Waals surface area contributed by atoms with Gasteiger partial charge < -0.3 is 15.7 Å². The number of piperidine rings is 1. The smallest absolute Gasteiger partial charge is 0.240 e. The molecule has 5 saturated carbocycles. The summed E-state index contributed by atoms with van der Waals surface area (Å²) in [6.07, 6.45) is 3.91. The molecule has 1 saturated heterocycles. The van der Waals surface area contributed by atoms with Crippen LogP contribution in [0.25, 0.3) is 0 Å². The number of amides is 1. The van der Waals surface area contributed by atoms with Gasteiger partial charge in [-0.05, 0) is 81.4 Å². The van der Waals surface area contributed by atoms with E-state index in [1.54, 1.807) is 4.90 Å². The molecule has 0 radical (unpaired) electrons. The summed E-state index contributed by atoms with van der Waals surface area (Å²) in [6, 6.07) is -2.25. The fourth-order valence-electron chi connectivity index (χ4n) is 6.61. The Morgan fingerprint density at radius 1 is 1.36 bits per heavy atom. The highest BCUT2D eigenvalue weighted by atomic mass is 16.3. The van der Waals surface area contributed by atoms with Crippen molar-refractivity contribution >= 4 is 5.91 Å². The number of aliphatic hydroxyl groups is 1. The fraction of sp³-hybridized carbons (Fsp3) is 0.944. The summed E-state index contributed by atoms with van der Waals surface area (Å²) in [4.78, 5) is 15.0. The van der Waals surface area contributed by atoms with Gasteiger partial charge in [0, 0.05) is 14.8 Å². The molecule has 1 heterocycles. The van der Waals surface area contributed by atoms with Crippen molar-refractivity contribution in [1.82, 2.24) is 4.90 Å². The molecule has 4 bridgehead atoms. The van der Waals surface area contributed by atoms with Crippen molar-refractivity contribution in [3.8, 4) is 0 Å². The Morgan fingerprint density at radius 3 is 2.64 bits per heavy atom. The van der Waals surface area contributed by atoms with Crippen LogP contribution in [0.2, 0.25) is 0 Å². The molecule has 0 aromatic rings. The lowest BCUT2D eigenvalue weighted by atomic mass is 9.46. The van der Waals surface area contributed by atoms with Gasteiger partial charge in [0.1, 0.15) is 0 Å². The highest BCUT2D eigenvalue weighted by molar-refractivity contribution is 5.84. The van der Waals surface area contributed by atoms with Gasteiger partial charge in [-0.2, -0.15) is 0 Å². The molecule has 1 amide bonds. The van der Waals surface area contributed by atoms with Crippen molar-refractivity contribution in [3.05, 3.63) is 0 Å². The molecule has 1 aliphatic heterocycles. The molecule has 0 spiro atoms. The molecule has 2 unspecified atom stereocenters. The third kappa shape index (κ3) is 1.74. The second-order valence-corrected chi connectivity index (χ2v) is 8.89. The summed E-state index contributed by atoms with van der Waals surface area (Å²) in [5.74, 6) is 0.203. The van der Waals surface area contributed by atoms with Gasteiger partial charge in [-0.25, -0.2) is 0 Å². The Labute approximate surface area is 136 Å². The molecular formula is C18H28N2O2. The van der Waals surface area contributed by atoms with Gasteiger partial charge >= 0.3 is 0 Å². The largest absolute Gasteiger partial charge is 0.390 e. The van der Waals surface area contributed by atoms with Crippen LogP contribution >= 0.6 is 0 Å². The monoisotopic (exact) mass is 307 g/mol. The maximum Gasteiger partial charge on any atom is 0.240 e. The first-order chi connectivity index (χ1) is 11.5. The Balaban J connectivity index is 1.48. The normalized spacial score (nSPS) is 61.9. The summed E-state index contributed by atoms with van der Waals surface area (Å²) < 4.78 is 25.1. The van der Waals surface area contributed by atoms with E-state index in [0.717, 1.165) is 32.1 Å². The number of nitrogens with zero attached hydrogens (tertiary/aromatic N) is 1. The van der Waals surface area contributed by atoms with Gasteiger partial charge in [0.15, 0.2) is 0 Å². The maximum atomic E-state index is 13.4. The third-order valence-electron chi connectivity index (χ3n) is 7.09. The molecule has 122 valence electrons. The van der Waals surface area contributed by atoms with Crippen LogP contribution in [-0.2, 0) is 4.79 Å². The van der Waals surface area contributed by atoms with E-state index in [9.17, 15) is 9.90 Å². The van der Waals surface area contributed by atoms with Crippen LogP contribution in [0.15, 0.2) is 0 Å². The van der Waals surface area contributed by atoms with Gasteiger partial charge in [0.2, 0.25) is 5.91 Å². The molecule has 6 atom stereocenters. The SMILES string of the molecule is [2H]C1([2H])[C@H]2C[C@@H](C)N(C(=O)[C@@]([2H])(N)C34CC5CC(CC(O)(C5)C3)C4)[C@H]21. The lowest BCUT2D eigenvalue weighted by Gasteiger charge is -2.61. The average molecular weight is 307 g/mol. The Hall–Kier alpha value is -0.610. The number of rotatable bonds is 2. The molecule has 6 rings (SSSR count). The lowest BCUT2D eigenvalue weighted by molar-refractivity contribution is -0.177. The summed E-state index contributed by atoms with van der Waals surface area (Å²) in [7, 11) is 0. The van der Waals surface area contributed by atoms with Crippen LogP contribution < -0.4 is 5.73 Å². The number of hydrogen-bond acceptors (Lipinski definition) is 3. The van der Waals surface area contributed by atoms with Crippen molar-refractivity contribution < 1.29 is 14.0 Å². The predicted octanol–water partition coefficient (Wildman–Crippen LogP) is 1.65. The van der Waals surface area contributed by atoms with Gasteiger partial charge in [-0.15, -0.1) is 0 Å². The number of fused-ring (bicyclic) bond motifs is 1. The molecule has 6 fully saturated rings. The highest BCUT2D eigenvalue weighted by Crippen LogP contribution is 2.63. The van der Waals surface area contributed by atoms with Gasteiger partial charge in [-0.3, -0.25) is 4.79 Å². The topological polar surface area (TPSA) is 66.6 Å². The number of likely N-dealkylation sites (tertiary alicyclic amines) is 1.